The number of hydrogen-bond donors (Lipinski definition) is 2. The molecule has 0 heterocycles. The maximum atomic E-state index is 12.1. The highest BCUT2D eigenvalue weighted by molar-refractivity contribution is 6.03. The Bertz CT molecular complexity index is 785. The Hall–Kier alpha value is -1.84. The first-order chi connectivity index (χ1) is 19.5. The zero-order valence-electron chi connectivity index (χ0n) is 26.3. The van der Waals surface area contributed by atoms with E-state index in [1.165, 1.54) is 134 Å². The van der Waals surface area contributed by atoms with Crippen LogP contribution in [0.4, 0.5) is 0 Å². The van der Waals surface area contributed by atoms with Crippen molar-refractivity contribution in [2.75, 3.05) is 0 Å². The van der Waals surface area contributed by atoms with E-state index in [0.717, 1.165) is 43.2 Å². The molecule has 0 unspecified atom stereocenters. The van der Waals surface area contributed by atoms with E-state index in [2.05, 4.69) is 13.8 Å². The van der Waals surface area contributed by atoms with E-state index in [-0.39, 0.29) is 11.1 Å². The van der Waals surface area contributed by atoms with E-state index < -0.39 is 11.9 Å². The summed E-state index contributed by atoms with van der Waals surface area (Å²) in [4.78, 5) is 23.9. The van der Waals surface area contributed by atoms with Gasteiger partial charge in [-0.3, -0.25) is 0 Å². The van der Waals surface area contributed by atoms with Gasteiger partial charge in [0.2, 0.25) is 0 Å². The van der Waals surface area contributed by atoms with Crippen LogP contribution in [-0.4, -0.2) is 22.2 Å². The summed E-state index contributed by atoms with van der Waals surface area (Å²) >= 11 is 0. The van der Waals surface area contributed by atoms with Crippen LogP contribution in [0.15, 0.2) is 12.1 Å². The number of benzene rings is 1. The molecule has 2 N–H and O–H groups in total. The topological polar surface area (TPSA) is 74.6 Å². The summed E-state index contributed by atoms with van der Waals surface area (Å²) in [5.41, 5.74) is 1.75. The molecule has 1 aromatic carbocycles. The van der Waals surface area contributed by atoms with E-state index in [0.29, 0.717) is 6.42 Å². The summed E-state index contributed by atoms with van der Waals surface area (Å²) in [5, 5.41) is 19.5. The molecule has 0 spiro atoms. The third kappa shape index (κ3) is 17.1. The van der Waals surface area contributed by atoms with Crippen LogP contribution in [0.2, 0.25) is 0 Å². The van der Waals surface area contributed by atoms with Crippen molar-refractivity contribution in [3.63, 3.8) is 0 Å². The second-order valence-corrected chi connectivity index (χ2v) is 12.0. The lowest BCUT2D eigenvalue weighted by atomic mass is 9.89. The summed E-state index contributed by atoms with van der Waals surface area (Å²) in [6, 6.07) is 3.38. The summed E-state index contributed by atoms with van der Waals surface area (Å²) in [6.45, 7) is 4.51. The maximum Gasteiger partial charge on any atom is 0.336 e. The van der Waals surface area contributed by atoms with Gasteiger partial charge in [-0.15, -0.1) is 0 Å². The normalized spacial score (nSPS) is 11.2. The fourth-order valence-electron chi connectivity index (χ4n) is 5.93. The summed E-state index contributed by atoms with van der Waals surface area (Å²) in [5.74, 6) is -2.26. The van der Waals surface area contributed by atoms with Gasteiger partial charge in [0.1, 0.15) is 0 Å². The molecule has 0 aromatic heterocycles. The molecule has 1 aromatic rings. The van der Waals surface area contributed by atoms with Crippen LogP contribution in [0.25, 0.3) is 0 Å². The summed E-state index contributed by atoms with van der Waals surface area (Å²) in [6.07, 6.45) is 32.2. The second kappa shape index (κ2) is 24.9. The highest BCUT2D eigenvalue weighted by atomic mass is 16.4. The maximum absolute atomic E-state index is 12.1. The molecular weight excluding hydrogens is 496 g/mol. The Morgan fingerprint density at radius 2 is 0.825 bits per heavy atom. The molecule has 230 valence electrons. The van der Waals surface area contributed by atoms with E-state index in [4.69, 9.17) is 0 Å². The number of aromatic carboxylic acids is 2. The number of hydrogen-bond acceptors (Lipinski definition) is 2. The van der Waals surface area contributed by atoms with E-state index in [9.17, 15) is 19.8 Å². The highest BCUT2D eigenvalue weighted by Crippen LogP contribution is 2.25. The first-order valence-electron chi connectivity index (χ1n) is 17.1. The number of carboxylic acid groups (broad SMARTS) is 2. The van der Waals surface area contributed by atoms with Crippen molar-refractivity contribution in [1.82, 2.24) is 0 Å². The van der Waals surface area contributed by atoms with Gasteiger partial charge in [-0.1, -0.05) is 161 Å². The van der Waals surface area contributed by atoms with Crippen LogP contribution in [0.5, 0.6) is 0 Å². The Labute approximate surface area is 246 Å². The summed E-state index contributed by atoms with van der Waals surface area (Å²) < 4.78 is 0. The fraction of sp³-hybridized carbons (Fsp3) is 0.778. The van der Waals surface area contributed by atoms with Crippen LogP contribution in [-0.2, 0) is 12.8 Å². The molecule has 0 aliphatic carbocycles. The third-order valence-corrected chi connectivity index (χ3v) is 8.43. The van der Waals surface area contributed by atoms with Crippen molar-refractivity contribution in [2.45, 2.75) is 181 Å². The molecule has 0 aliphatic rings. The predicted molar refractivity (Wildman–Crippen MR) is 170 cm³/mol. The van der Waals surface area contributed by atoms with Gasteiger partial charge in [-0.2, -0.15) is 0 Å². The molecule has 4 nitrogen and oxygen atoms in total. The predicted octanol–water partition coefficient (Wildman–Crippen LogP) is 11.6. The van der Waals surface area contributed by atoms with Gasteiger partial charge < -0.3 is 10.2 Å². The number of carboxylic acids is 2. The molecule has 1 rings (SSSR count). The van der Waals surface area contributed by atoms with Crippen molar-refractivity contribution >= 4 is 11.9 Å². The largest absolute Gasteiger partial charge is 0.478 e. The summed E-state index contributed by atoms with van der Waals surface area (Å²) in [7, 11) is 0. The molecular formula is C36H62O4. The van der Waals surface area contributed by atoms with Crippen LogP contribution in [0, 0.1) is 0 Å². The second-order valence-electron chi connectivity index (χ2n) is 12.0. The molecule has 0 radical (unpaired) electrons. The van der Waals surface area contributed by atoms with Crippen LogP contribution >= 0.6 is 0 Å². The van der Waals surface area contributed by atoms with Gasteiger partial charge in [-0.25, -0.2) is 9.59 Å². The quantitative estimate of drug-likeness (QED) is 0.100. The van der Waals surface area contributed by atoms with Gasteiger partial charge in [0, 0.05) is 0 Å². The number of carbonyl (C=O) groups is 2. The molecule has 0 saturated carbocycles. The smallest absolute Gasteiger partial charge is 0.336 e. The first-order valence-corrected chi connectivity index (χ1v) is 17.1. The molecule has 0 amide bonds. The fourth-order valence-corrected chi connectivity index (χ4v) is 5.93. The number of aryl methyl sites for hydroxylation is 1. The first kappa shape index (κ1) is 36.2. The van der Waals surface area contributed by atoms with E-state index >= 15 is 0 Å². The van der Waals surface area contributed by atoms with Gasteiger partial charge >= 0.3 is 11.9 Å². The standard InChI is InChI=1S/C36H62O4/c1-3-5-7-9-11-13-14-15-16-17-18-19-20-22-24-26-28-32-31(27-25-23-21-12-10-8-6-4-2)29-30-33(35(37)38)34(32)36(39)40/h29-30H,3-28H2,1-2H3,(H,37,38)(H,39,40). The average molecular weight is 559 g/mol. The molecule has 0 aliphatic heterocycles. The lowest BCUT2D eigenvalue weighted by Gasteiger charge is -2.15. The van der Waals surface area contributed by atoms with Gasteiger partial charge in [0.15, 0.2) is 0 Å². The number of rotatable bonds is 28. The lowest BCUT2D eigenvalue weighted by Crippen LogP contribution is -2.14. The van der Waals surface area contributed by atoms with Crippen molar-refractivity contribution in [2.24, 2.45) is 0 Å². The minimum Gasteiger partial charge on any atom is -0.478 e. The molecule has 40 heavy (non-hydrogen) atoms. The minimum absolute atomic E-state index is 0.0190. The Morgan fingerprint density at radius 1 is 0.475 bits per heavy atom. The van der Waals surface area contributed by atoms with Crippen molar-refractivity contribution in [3.8, 4) is 0 Å². The Morgan fingerprint density at radius 3 is 1.18 bits per heavy atom. The molecule has 0 saturated heterocycles. The van der Waals surface area contributed by atoms with Crippen molar-refractivity contribution in [3.05, 3.63) is 34.4 Å². The van der Waals surface area contributed by atoms with E-state index in [1.807, 2.05) is 6.07 Å². The zero-order valence-corrected chi connectivity index (χ0v) is 26.3. The minimum atomic E-state index is -1.15. The highest BCUT2D eigenvalue weighted by Gasteiger charge is 2.22. The third-order valence-electron chi connectivity index (χ3n) is 8.43. The van der Waals surface area contributed by atoms with E-state index in [1.54, 1.807) is 0 Å². The molecule has 0 bridgehead atoms. The van der Waals surface area contributed by atoms with Gasteiger partial charge in [0.05, 0.1) is 11.1 Å². The monoisotopic (exact) mass is 558 g/mol. The average Bonchev–Trinajstić information content (AvgIpc) is 2.94. The number of unbranched alkanes of at least 4 members (excludes halogenated alkanes) is 22. The SMILES string of the molecule is CCCCCCCCCCCCCCCCCCc1c(CCCCCCCCCC)ccc(C(=O)O)c1C(=O)O. The molecule has 4 heteroatoms. The lowest BCUT2D eigenvalue weighted by molar-refractivity contribution is 0.0650. The van der Waals surface area contributed by atoms with Gasteiger partial charge in [-0.05, 0) is 42.9 Å². The van der Waals surface area contributed by atoms with Crippen LogP contribution < -0.4 is 0 Å². The van der Waals surface area contributed by atoms with Gasteiger partial charge in [0.25, 0.3) is 0 Å². The molecule has 0 atom stereocenters. The zero-order chi connectivity index (χ0) is 29.3. The van der Waals surface area contributed by atoms with Crippen molar-refractivity contribution in [1.29, 1.82) is 0 Å². The van der Waals surface area contributed by atoms with Crippen LogP contribution in [0.3, 0.4) is 0 Å². The van der Waals surface area contributed by atoms with Crippen LogP contribution in [0.1, 0.15) is 200 Å². The van der Waals surface area contributed by atoms with Crippen molar-refractivity contribution < 1.29 is 19.8 Å². The Kier molecular flexibility index (Phi) is 22.5. The molecule has 0 fully saturated rings. The Balaban J connectivity index is 2.36.